The highest BCUT2D eigenvalue weighted by Crippen LogP contribution is 2.11. The molecule has 1 aliphatic heterocycles. The summed E-state index contributed by atoms with van der Waals surface area (Å²) in [6, 6.07) is 5.24. The summed E-state index contributed by atoms with van der Waals surface area (Å²) in [6.07, 6.45) is 2.48. The highest BCUT2D eigenvalue weighted by atomic mass is 16.6. The van der Waals surface area contributed by atoms with E-state index in [0.717, 1.165) is 0 Å². The third-order valence-corrected chi connectivity index (χ3v) is 3.72. The molecular formula is C16H22N4O4. The van der Waals surface area contributed by atoms with Crippen molar-refractivity contribution in [3.8, 4) is 0 Å². The third-order valence-electron chi connectivity index (χ3n) is 3.72. The Kier molecular flexibility index (Phi) is 6.53. The second-order valence-corrected chi connectivity index (χ2v) is 5.44. The molecule has 8 heteroatoms. The van der Waals surface area contributed by atoms with Crippen molar-refractivity contribution in [2.75, 3.05) is 19.7 Å². The molecule has 1 saturated heterocycles. The average molecular weight is 334 g/mol. The number of ether oxygens (including phenoxy) is 1. The lowest BCUT2D eigenvalue weighted by molar-refractivity contribution is -0.139. The molecule has 8 nitrogen and oxygen atoms in total. The number of hydrogen-bond acceptors (Lipinski definition) is 5. The molecule has 3 amide bonds. The van der Waals surface area contributed by atoms with E-state index < -0.39 is 11.8 Å². The maximum atomic E-state index is 11.9. The molecule has 0 unspecified atom stereocenters. The Morgan fingerprint density at radius 3 is 2.62 bits per heavy atom. The molecule has 2 N–H and O–H groups in total. The minimum Gasteiger partial charge on any atom is -0.450 e. The first kappa shape index (κ1) is 17.7. The molecule has 0 bridgehead atoms. The number of nitrogens with zero attached hydrogens (tertiary/aromatic N) is 2. The zero-order valence-electron chi connectivity index (χ0n) is 13.7. The molecule has 130 valence electrons. The van der Waals surface area contributed by atoms with Crippen LogP contribution in [0.4, 0.5) is 4.79 Å². The molecular weight excluding hydrogens is 312 g/mol. The maximum absolute atomic E-state index is 11.9. The van der Waals surface area contributed by atoms with Crippen molar-refractivity contribution in [2.24, 2.45) is 0 Å². The fourth-order valence-electron chi connectivity index (χ4n) is 2.43. The molecule has 1 fully saturated rings. The lowest BCUT2D eigenvalue weighted by atomic mass is 10.1. The van der Waals surface area contributed by atoms with Crippen LogP contribution in [0.15, 0.2) is 24.4 Å². The highest BCUT2D eigenvalue weighted by Gasteiger charge is 2.26. The summed E-state index contributed by atoms with van der Waals surface area (Å²) in [6.45, 7) is 3.30. The molecule has 0 atom stereocenters. The SMILES string of the molecule is CCOC(=O)N1CCC(NC(=O)C(=O)NCc2ccccn2)CC1. The van der Waals surface area contributed by atoms with Gasteiger partial charge in [0.1, 0.15) is 0 Å². The number of amides is 3. The zero-order valence-corrected chi connectivity index (χ0v) is 13.7. The van der Waals surface area contributed by atoms with Crippen LogP contribution in [0.5, 0.6) is 0 Å². The summed E-state index contributed by atoms with van der Waals surface area (Å²) < 4.78 is 4.94. The fourth-order valence-corrected chi connectivity index (χ4v) is 2.43. The van der Waals surface area contributed by atoms with Gasteiger partial charge < -0.3 is 20.3 Å². The largest absolute Gasteiger partial charge is 0.450 e. The Balaban J connectivity index is 1.71. The van der Waals surface area contributed by atoms with Gasteiger partial charge >= 0.3 is 17.9 Å². The van der Waals surface area contributed by atoms with Crippen LogP contribution in [0.1, 0.15) is 25.5 Å². The van der Waals surface area contributed by atoms with Gasteiger partial charge in [-0.25, -0.2) is 4.79 Å². The first-order chi connectivity index (χ1) is 11.6. The molecule has 0 aliphatic carbocycles. The lowest BCUT2D eigenvalue weighted by Gasteiger charge is -2.31. The van der Waals surface area contributed by atoms with Crippen LogP contribution in [0.25, 0.3) is 0 Å². The number of likely N-dealkylation sites (tertiary alicyclic amines) is 1. The Morgan fingerprint density at radius 1 is 1.25 bits per heavy atom. The van der Waals surface area contributed by atoms with Crippen molar-refractivity contribution in [1.82, 2.24) is 20.5 Å². The molecule has 0 radical (unpaired) electrons. The number of pyridine rings is 1. The molecule has 1 aromatic heterocycles. The van der Waals surface area contributed by atoms with E-state index >= 15 is 0 Å². The van der Waals surface area contributed by atoms with Gasteiger partial charge in [0.25, 0.3) is 0 Å². The number of rotatable bonds is 4. The number of carbonyl (C=O) groups excluding carboxylic acids is 3. The molecule has 0 spiro atoms. The van der Waals surface area contributed by atoms with E-state index in [-0.39, 0.29) is 18.7 Å². The predicted molar refractivity (Wildman–Crippen MR) is 85.8 cm³/mol. The summed E-state index contributed by atoms with van der Waals surface area (Å²) in [7, 11) is 0. The van der Waals surface area contributed by atoms with Crippen molar-refractivity contribution in [3.05, 3.63) is 30.1 Å². The molecule has 1 aromatic rings. The summed E-state index contributed by atoms with van der Waals surface area (Å²) in [5, 5.41) is 5.23. The van der Waals surface area contributed by atoms with Crippen LogP contribution in [0.3, 0.4) is 0 Å². The normalized spacial score (nSPS) is 14.8. The van der Waals surface area contributed by atoms with E-state index in [1.165, 1.54) is 0 Å². The summed E-state index contributed by atoms with van der Waals surface area (Å²) in [5.41, 5.74) is 0.682. The van der Waals surface area contributed by atoms with Gasteiger partial charge in [0.05, 0.1) is 18.8 Å². The Labute approximate surface area is 140 Å². The van der Waals surface area contributed by atoms with Gasteiger partial charge in [0, 0.05) is 25.3 Å². The van der Waals surface area contributed by atoms with Crippen molar-refractivity contribution in [2.45, 2.75) is 32.4 Å². The number of carbonyl (C=O) groups is 3. The van der Waals surface area contributed by atoms with E-state index in [1.807, 2.05) is 6.07 Å². The molecule has 1 aliphatic rings. The van der Waals surface area contributed by atoms with Gasteiger partial charge in [0.2, 0.25) is 0 Å². The average Bonchev–Trinajstić information content (AvgIpc) is 2.61. The van der Waals surface area contributed by atoms with E-state index in [0.29, 0.717) is 38.2 Å². The van der Waals surface area contributed by atoms with Crippen molar-refractivity contribution >= 4 is 17.9 Å². The zero-order chi connectivity index (χ0) is 17.4. The quantitative estimate of drug-likeness (QED) is 0.778. The van der Waals surface area contributed by atoms with Crippen molar-refractivity contribution in [3.63, 3.8) is 0 Å². The first-order valence-electron chi connectivity index (χ1n) is 8.00. The van der Waals surface area contributed by atoms with Crippen LogP contribution in [-0.4, -0.2) is 53.5 Å². The van der Waals surface area contributed by atoms with Crippen LogP contribution in [0.2, 0.25) is 0 Å². The van der Waals surface area contributed by atoms with E-state index in [4.69, 9.17) is 4.74 Å². The van der Waals surface area contributed by atoms with Crippen LogP contribution < -0.4 is 10.6 Å². The molecule has 0 aromatic carbocycles. The van der Waals surface area contributed by atoms with E-state index in [1.54, 1.807) is 30.2 Å². The van der Waals surface area contributed by atoms with E-state index in [2.05, 4.69) is 15.6 Å². The Bertz CT molecular complexity index is 571. The second-order valence-electron chi connectivity index (χ2n) is 5.44. The summed E-state index contributed by atoms with van der Waals surface area (Å²) >= 11 is 0. The van der Waals surface area contributed by atoms with Gasteiger partial charge in [-0.1, -0.05) is 6.07 Å². The van der Waals surface area contributed by atoms with Crippen molar-refractivity contribution in [1.29, 1.82) is 0 Å². The van der Waals surface area contributed by atoms with Gasteiger partial charge in [-0.05, 0) is 31.9 Å². The maximum Gasteiger partial charge on any atom is 0.409 e. The standard InChI is InChI=1S/C16H22N4O4/c1-2-24-16(23)20-9-6-12(7-10-20)19-15(22)14(21)18-11-13-5-3-4-8-17-13/h3-5,8,12H,2,6-7,9-11H2,1H3,(H,18,21)(H,19,22). The fraction of sp³-hybridized carbons (Fsp3) is 0.500. The van der Waals surface area contributed by atoms with Gasteiger partial charge in [-0.3, -0.25) is 14.6 Å². The van der Waals surface area contributed by atoms with Crippen LogP contribution in [0, 0.1) is 0 Å². The van der Waals surface area contributed by atoms with Gasteiger partial charge in [-0.2, -0.15) is 0 Å². The number of hydrogen-bond donors (Lipinski definition) is 2. The van der Waals surface area contributed by atoms with Crippen LogP contribution in [-0.2, 0) is 20.9 Å². The number of nitrogens with one attached hydrogen (secondary N) is 2. The van der Waals surface area contributed by atoms with Crippen molar-refractivity contribution < 1.29 is 19.1 Å². The van der Waals surface area contributed by atoms with Gasteiger partial charge in [0.15, 0.2) is 0 Å². The highest BCUT2D eigenvalue weighted by molar-refractivity contribution is 6.35. The smallest absolute Gasteiger partial charge is 0.409 e. The van der Waals surface area contributed by atoms with Crippen LogP contribution >= 0.6 is 0 Å². The predicted octanol–water partition coefficient (Wildman–Crippen LogP) is 0.435. The molecule has 2 rings (SSSR count). The second kappa shape index (κ2) is 8.85. The third kappa shape index (κ3) is 5.22. The Hall–Kier alpha value is -2.64. The topological polar surface area (TPSA) is 101 Å². The molecule has 2 heterocycles. The Morgan fingerprint density at radius 2 is 2.00 bits per heavy atom. The lowest BCUT2D eigenvalue weighted by Crippen LogP contribution is -2.50. The minimum atomic E-state index is -0.687. The molecule has 24 heavy (non-hydrogen) atoms. The summed E-state index contributed by atoms with van der Waals surface area (Å²) in [4.78, 5) is 41.0. The number of aromatic nitrogens is 1. The minimum absolute atomic E-state index is 0.122. The monoisotopic (exact) mass is 334 g/mol. The molecule has 0 saturated carbocycles. The first-order valence-corrected chi connectivity index (χ1v) is 8.00. The number of piperidine rings is 1. The van der Waals surface area contributed by atoms with E-state index in [9.17, 15) is 14.4 Å². The van der Waals surface area contributed by atoms with Gasteiger partial charge in [-0.15, -0.1) is 0 Å². The summed E-state index contributed by atoms with van der Waals surface area (Å²) in [5.74, 6) is -1.35.